The highest BCUT2D eigenvalue weighted by molar-refractivity contribution is 14.0. The smallest absolute Gasteiger partial charge is 0.191 e. The molecule has 7 nitrogen and oxygen atoms in total. The van der Waals surface area contributed by atoms with E-state index in [4.69, 9.17) is 0 Å². The number of aryl methyl sites for hydroxylation is 3. The minimum Gasteiger partial charge on any atom is -0.355 e. The first-order valence-corrected chi connectivity index (χ1v) is 8.36. The van der Waals surface area contributed by atoms with E-state index in [-0.39, 0.29) is 30.0 Å². The fraction of sp³-hybridized carbons (Fsp3) is 0.588. The topological polar surface area (TPSA) is 72.1 Å². The summed E-state index contributed by atoms with van der Waals surface area (Å²) in [5.41, 5.74) is 4.80. The Hall–Kier alpha value is -1.58. The van der Waals surface area contributed by atoms with Gasteiger partial charge in [-0.25, -0.2) is 0 Å². The summed E-state index contributed by atoms with van der Waals surface area (Å²) in [5, 5.41) is 15.5. The molecule has 0 aromatic carbocycles. The lowest BCUT2D eigenvalue weighted by molar-refractivity contribution is 0.585. The second kappa shape index (κ2) is 9.79. The van der Waals surface area contributed by atoms with Crippen molar-refractivity contribution < 1.29 is 0 Å². The van der Waals surface area contributed by atoms with Crippen molar-refractivity contribution >= 4 is 29.9 Å². The van der Waals surface area contributed by atoms with Crippen molar-refractivity contribution in [3.8, 4) is 0 Å². The summed E-state index contributed by atoms with van der Waals surface area (Å²) in [6.45, 7) is 9.97. The number of halogens is 1. The van der Waals surface area contributed by atoms with Crippen LogP contribution in [0.2, 0.25) is 0 Å². The Morgan fingerprint density at radius 3 is 2.56 bits per heavy atom. The number of aliphatic imine (C=N–C) groups is 1. The van der Waals surface area contributed by atoms with Crippen LogP contribution in [0.4, 0.5) is 0 Å². The van der Waals surface area contributed by atoms with E-state index in [0.717, 1.165) is 31.2 Å². The number of hydrogen-bond donors (Lipinski definition) is 2. The highest BCUT2D eigenvalue weighted by Crippen LogP contribution is 2.14. The average Bonchev–Trinajstić information content (AvgIpc) is 3.05. The van der Waals surface area contributed by atoms with Crippen LogP contribution in [-0.2, 0) is 20.0 Å². The minimum atomic E-state index is 0. The molecule has 0 aliphatic heterocycles. The molecule has 0 amide bonds. The Bertz CT molecular complexity index is 702. The molecule has 0 spiro atoms. The Kier molecular flexibility index (Phi) is 8.40. The highest BCUT2D eigenvalue weighted by Gasteiger charge is 2.13. The highest BCUT2D eigenvalue weighted by atomic mass is 127. The van der Waals surface area contributed by atoms with E-state index in [9.17, 15) is 0 Å². The molecule has 2 aromatic heterocycles. The van der Waals surface area contributed by atoms with Gasteiger partial charge in [0.2, 0.25) is 0 Å². The van der Waals surface area contributed by atoms with Crippen LogP contribution in [0, 0.1) is 20.8 Å². The molecule has 0 aliphatic carbocycles. The summed E-state index contributed by atoms with van der Waals surface area (Å²) in [6.07, 6.45) is 4.83. The van der Waals surface area contributed by atoms with Gasteiger partial charge in [0.1, 0.15) is 0 Å². The molecule has 2 N–H and O–H groups in total. The molecule has 2 rings (SSSR count). The van der Waals surface area contributed by atoms with Crippen LogP contribution in [0.1, 0.15) is 29.4 Å². The number of nitrogens with one attached hydrogen (secondary N) is 2. The van der Waals surface area contributed by atoms with Gasteiger partial charge in [-0.1, -0.05) is 0 Å². The molecule has 8 heteroatoms. The third-order valence-corrected chi connectivity index (χ3v) is 4.17. The molecule has 140 valence electrons. The maximum Gasteiger partial charge on any atom is 0.191 e. The van der Waals surface area contributed by atoms with Crippen LogP contribution in [0.5, 0.6) is 0 Å². The predicted octanol–water partition coefficient (Wildman–Crippen LogP) is 1.96. The first-order chi connectivity index (χ1) is 11.4. The normalized spacial score (nSPS) is 12.6. The van der Waals surface area contributed by atoms with Crippen molar-refractivity contribution in [1.82, 2.24) is 30.2 Å². The van der Waals surface area contributed by atoms with E-state index >= 15 is 0 Å². The quantitative estimate of drug-likeness (QED) is 0.394. The molecule has 0 fully saturated rings. The van der Waals surface area contributed by atoms with Crippen LogP contribution < -0.4 is 10.6 Å². The van der Waals surface area contributed by atoms with Gasteiger partial charge in [-0.3, -0.25) is 14.4 Å². The van der Waals surface area contributed by atoms with Gasteiger partial charge < -0.3 is 10.6 Å². The Labute approximate surface area is 167 Å². The number of aromatic nitrogens is 4. The van der Waals surface area contributed by atoms with Crippen molar-refractivity contribution in [3.05, 3.63) is 34.9 Å². The average molecular weight is 459 g/mol. The lowest BCUT2D eigenvalue weighted by Crippen LogP contribution is -2.44. The molecular formula is C17H30IN7. The van der Waals surface area contributed by atoms with Crippen LogP contribution in [-0.4, -0.2) is 45.2 Å². The van der Waals surface area contributed by atoms with E-state index in [0.29, 0.717) is 0 Å². The molecule has 0 aliphatic rings. The zero-order chi connectivity index (χ0) is 17.7. The Balaban J connectivity index is 0.00000312. The first-order valence-electron chi connectivity index (χ1n) is 8.36. The summed E-state index contributed by atoms with van der Waals surface area (Å²) in [6, 6.07) is 0.268. The molecule has 0 radical (unpaired) electrons. The fourth-order valence-electron chi connectivity index (χ4n) is 2.78. The monoisotopic (exact) mass is 459 g/mol. The van der Waals surface area contributed by atoms with Crippen molar-refractivity contribution in [3.63, 3.8) is 0 Å². The predicted molar refractivity (Wildman–Crippen MR) is 113 cm³/mol. The molecule has 0 saturated carbocycles. The van der Waals surface area contributed by atoms with Gasteiger partial charge in [0.05, 0.1) is 18.4 Å². The lowest BCUT2D eigenvalue weighted by Gasteiger charge is -2.18. The molecule has 0 saturated heterocycles. The maximum atomic E-state index is 4.48. The number of hydrogen-bond acceptors (Lipinski definition) is 3. The molecule has 2 aromatic rings. The van der Waals surface area contributed by atoms with Crippen LogP contribution in [0.3, 0.4) is 0 Å². The van der Waals surface area contributed by atoms with Gasteiger partial charge in [-0.15, -0.1) is 24.0 Å². The largest absolute Gasteiger partial charge is 0.355 e. The van der Waals surface area contributed by atoms with Gasteiger partial charge in [0, 0.05) is 38.6 Å². The molecule has 2 heterocycles. The van der Waals surface area contributed by atoms with Crippen LogP contribution in [0.25, 0.3) is 0 Å². The molecule has 1 unspecified atom stereocenters. The van der Waals surface area contributed by atoms with Crippen LogP contribution >= 0.6 is 24.0 Å². The number of guanidine groups is 1. The Morgan fingerprint density at radius 1 is 1.32 bits per heavy atom. The fourth-order valence-corrected chi connectivity index (χ4v) is 2.78. The second-order valence-corrected chi connectivity index (χ2v) is 6.30. The number of nitrogens with zero attached hydrogens (tertiary/aromatic N) is 5. The van der Waals surface area contributed by atoms with Crippen molar-refractivity contribution in [2.45, 2.75) is 46.7 Å². The standard InChI is InChI=1S/C17H29N7.HI/c1-12-10-20-24(11-12)8-7-19-17(18-5)21-13(2)9-16-14(3)22-23(6)15(16)4;/h10-11,13H,7-9H2,1-6H3,(H2,18,19,21);1H. The van der Waals surface area contributed by atoms with Gasteiger partial charge >= 0.3 is 0 Å². The first kappa shape index (κ1) is 21.5. The molecule has 25 heavy (non-hydrogen) atoms. The van der Waals surface area contributed by atoms with Gasteiger partial charge in [-0.2, -0.15) is 10.2 Å². The Morgan fingerprint density at radius 2 is 2.04 bits per heavy atom. The molecule has 1 atom stereocenters. The van der Waals surface area contributed by atoms with Crippen molar-refractivity contribution in [2.24, 2.45) is 12.0 Å². The second-order valence-electron chi connectivity index (χ2n) is 6.30. The number of rotatable bonds is 6. The van der Waals surface area contributed by atoms with Crippen LogP contribution in [0.15, 0.2) is 17.4 Å². The van der Waals surface area contributed by atoms with E-state index < -0.39 is 0 Å². The third-order valence-electron chi connectivity index (χ3n) is 4.17. The minimum absolute atomic E-state index is 0. The SMILES string of the molecule is CN=C(NCCn1cc(C)cn1)NC(C)Cc1c(C)nn(C)c1C.I. The van der Waals surface area contributed by atoms with Crippen molar-refractivity contribution in [1.29, 1.82) is 0 Å². The summed E-state index contributed by atoms with van der Waals surface area (Å²) >= 11 is 0. The van der Waals surface area contributed by atoms with Gasteiger partial charge in [-0.05, 0) is 45.2 Å². The van der Waals surface area contributed by atoms with E-state index in [1.54, 1.807) is 7.05 Å². The van der Waals surface area contributed by atoms with E-state index in [1.807, 2.05) is 35.7 Å². The summed E-state index contributed by atoms with van der Waals surface area (Å²) < 4.78 is 3.87. The van der Waals surface area contributed by atoms with Crippen molar-refractivity contribution in [2.75, 3.05) is 13.6 Å². The lowest BCUT2D eigenvalue weighted by atomic mass is 10.1. The molecular weight excluding hydrogens is 429 g/mol. The van der Waals surface area contributed by atoms with Gasteiger partial charge in [0.25, 0.3) is 0 Å². The maximum absolute atomic E-state index is 4.48. The summed E-state index contributed by atoms with van der Waals surface area (Å²) in [7, 11) is 3.78. The van der Waals surface area contributed by atoms with E-state index in [2.05, 4.69) is 46.6 Å². The zero-order valence-corrected chi connectivity index (χ0v) is 18.3. The summed E-state index contributed by atoms with van der Waals surface area (Å²) in [4.78, 5) is 4.30. The zero-order valence-electron chi connectivity index (χ0n) is 16.0. The van der Waals surface area contributed by atoms with Gasteiger partial charge in [0.15, 0.2) is 5.96 Å². The van der Waals surface area contributed by atoms with E-state index in [1.165, 1.54) is 16.8 Å². The third kappa shape index (κ3) is 6.02. The summed E-state index contributed by atoms with van der Waals surface area (Å²) in [5.74, 6) is 0.811. The molecule has 0 bridgehead atoms.